The zero-order valence-electron chi connectivity index (χ0n) is 12.1. The van der Waals surface area contributed by atoms with Crippen molar-refractivity contribution in [1.29, 1.82) is 0 Å². The number of hydrogen-bond acceptors (Lipinski definition) is 3. The molecule has 0 N–H and O–H groups in total. The molecule has 0 fully saturated rings. The van der Waals surface area contributed by atoms with E-state index in [1.807, 2.05) is 38.1 Å². The molecule has 0 saturated heterocycles. The topological polar surface area (TPSA) is 35.5 Å². The van der Waals surface area contributed by atoms with E-state index in [0.717, 1.165) is 19.3 Å². The van der Waals surface area contributed by atoms with Crippen LogP contribution in [0.5, 0.6) is 5.75 Å². The van der Waals surface area contributed by atoms with Crippen molar-refractivity contribution >= 4 is 5.78 Å². The summed E-state index contributed by atoms with van der Waals surface area (Å²) in [7, 11) is 0. The normalized spacial score (nSPS) is 12.2. The van der Waals surface area contributed by atoms with Gasteiger partial charge in [-0.1, -0.05) is 32.4 Å². The van der Waals surface area contributed by atoms with Gasteiger partial charge in [-0.2, -0.15) is 0 Å². The van der Waals surface area contributed by atoms with Crippen LogP contribution in [0.2, 0.25) is 0 Å². The molecule has 0 amide bonds. The summed E-state index contributed by atoms with van der Waals surface area (Å²) in [5.74, 6) is 0.686. The van der Waals surface area contributed by atoms with Crippen LogP contribution in [0.15, 0.2) is 24.3 Å². The molecule has 1 atom stereocenters. The number of rotatable bonds is 9. The SMILES string of the molecule is CCCOc1ccccc1C(=O)C(CCC)OCC. The lowest BCUT2D eigenvalue weighted by Crippen LogP contribution is -2.25. The third kappa shape index (κ3) is 4.67. The first-order valence-corrected chi connectivity index (χ1v) is 7.12. The molecule has 1 unspecified atom stereocenters. The van der Waals surface area contributed by atoms with Crippen LogP contribution in [0.1, 0.15) is 50.4 Å². The van der Waals surface area contributed by atoms with Gasteiger partial charge in [0.15, 0.2) is 5.78 Å². The zero-order chi connectivity index (χ0) is 14.1. The Labute approximate surface area is 115 Å². The molecule has 106 valence electrons. The third-order valence-corrected chi connectivity index (χ3v) is 2.83. The van der Waals surface area contributed by atoms with Gasteiger partial charge < -0.3 is 9.47 Å². The van der Waals surface area contributed by atoms with E-state index in [4.69, 9.17) is 9.47 Å². The van der Waals surface area contributed by atoms with E-state index in [9.17, 15) is 4.79 Å². The second-order valence-corrected chi connectivity index (χ2v) is 4.44. The molecule has 0 saturated carbocycles. The fourth-order valence-corrected chi connectivity index (χ4v) is 1.94. The predicted molar refractivity (Wildman–Crippen MR) is 76.9 cm³/mol. The quantitative estimate of drug-likeness (QED) is 0.635. The van der Waals surface area contributed by atoms with Crippen LogP contribution in [-0.2, 0) is 4.74 Å². The second-order valence-electron chi connectivity index (χ2n) is 4.44. The number of carbonyl (C=O) groups is 1. The van der Waals surface area contributed by atoms with Gasteiger partial charge >= 0.3 is 0 Å². The smallest absolute Gasteiger partial charge is 0.195 e. The van der Waals surface area contributed by atoms with E-state index in [1.54, 1.807) is 0 Å². The average molecular weight is 264 g/mol. The van der Waals surface area contributed by atoms with Crippen LogP contribution in [0.25, 0.3) is 0 Å². The summed E-state index contributed by atoms with van der Waals surface area (Å²) >= 11 is 0. The maximum atomic E-state index is 12.5. The van der Waals surface area contributed by atoms with Crippen molar-refractivity contribution in [2.24, 2.45) is 0 Å². The number of hydrogen-bond donors (Lipinski definition) is 0. The van der Waals surface area contributed by atoms with E-state index >= 15 is 0 Å². The third-order valence-electron chi connectivity index (χ3n) is 2.83. The van der Waals surface area contributed by atoms with Crippen molar-refractivity contribution < 1.29 is 14.3 Å². The highest BCUT2D eigenvalue weighted by Crippen LogP contribution is 2.22. The number of carbonyl (C=O) groups excluding carboxylic acids is 1. The zero-order valence-corrected chi connectivity index (χ0v) is 12.1. The molecule has 0 aliphatic carbocycles. The van der Waals surface area contributed by atoms with Crippen LogP contribution in [-0.4, -0.2) is 25.1 Å². The van der Waals surface area contributed by atoms with Gasteiger partial charge in [0.25, 0.3) is 0 Å². The average Bonchev–Trinajstić information content (AvgIpc) is 2.44. The van der Waals surface area contributed by atoms with Crippen molar-refractivity contribution in [2.45, 2.75) is 46.1 Å². The van der Waals surface area contributed by atoms with E-state index in [2.05, 4.69) is 6.92 Å². The monoisotopic (exact) mass is 264 g/mol. The van der Waals surface area contributed by atoms with E-state index in [1.165, 1.54) is 0 Å². The van der Waals surface area contributed by atoms with Crippen LogP contribution in [0.4, 0.5) is 0 Å². The summed E-state index contributed by atoms with van der Waals surface area (Å²) in [5, 5.41) is 0. The first-order chi connectivity index (χ1) is 9.24. The summed E-state index contributed by atoms with van der Waals surface area (Å²) in [4.78, 5) is 12.5. The molecule has 19 heavy (non-hydrogen) atoms. The summed E-state index contributed by atoms with van der Waals surface area (Å²) in [6.07, 6.45) is 2.23. The highest BCUT2D eigenvalue weighted by Gasteiger charge is 2.22. The number of ether oxygens (including phenoxy) is 2. The van der Waals surface area contributed by atoms with Crippen molar-refractivity contribution in [1.82, 2.24) is 0 Å². The Morgan fingerprint density at radius 1 is 1.16 bits per heavy atom. The number of benzene rings is 1. The Morgan fingerprint density at radius 2 is 1.89 bits per heavy atom. The Kier molecular flexibility index (Phi) is 7.19. The predicted octanol–water partition coefficient (Wildman–Crippen LogP) is 3.86. The van der Waals surface area contributed by atoms with Gasteiger partial charge in [-0.15, -0.1) is 0 Å². The number of Topliss-reactive ketones (excluding diaryl/α,β-unsaturated/α-hetero) is 1. The number of para-hydroxylation sites is 1. The second kappa shape index (κ2) is 8.70. The van der Waals surface area contributed by atoms with Crippen molar-refractivity contribution in [3.63, 3.8) is 0 Å². The number of ketones is 1. The first-order valence-electron chi connectivity index (χ1n) is 7.12. The Balaban J connectivity index is 2.89. The highest BCUT2D eigenvalue weighted by atomic mass is 16.5. The maximum Gasteiger partial charge on any atom is 0.195 e. The van der Waals surface area contributed by atoms with E-state index in [-0.39, 0.29) is 11.9 Å². The summed E-state index contributed by atoms with van der Waals surface area (Å²) < 4.78 is 11.2. The van der Waals surface area contributed by atoms with E-state index < -0.39 is 0 Å². The Morgan fingerprint density at radius 3 is 2.53 bits per heavy atom. The highest BCUT2D eigenvalue weighted by molar-refractivity contribution is 6.01. The van der Waals surface area contributed by atoms with Crippen molar-refractivity contribution in [3.05, 3.63) is 29.8 Å². The Bertz CT molecular complexity index is 381. The summed E-state index contributed by atoms with van der Waals surface area (Å²) in [6, 6.07) is 7.41. The Hall–Kier alpha value is -1.35. The van der Waals surface area contributed by atoms with Gasteiger partial charge in [0.05, 0.1) is 12.2 Å². The minimum atomic E-state index is -0.360. The van der Waals surface area contributed by atoms with E-state index in [0.29, 0.717) is 24.5 Å². The van der Waals surface area contributed by atoms with Crippen LogP contribution >= 0.6 is 0 Å². The largest absolute Gasteiger partial charge is 0.493 e. The van der Waals surface area contributed by atoms with Crippen LogP contribution in [0.3, 0.4) is 0 Å². The molecule has 0 aliphatic rings. The maximum absolute atomic E-state index is 12.5. The molecule has 0 bridgehead atoms. The molecule has 0 aliphatic heterocycles. The van der Waals surface area contributed by atoms with Gasteiger partial charge in [-0.05, 0) is 31.9 Å². The van der Waals surface area contributed by atoms with Gasteiger partial charge in [-0.3, -0.25) is 4.79 Å². The summed E-state index contributed by atoms with van der Waals surface area (Å²) in [5.41, 5.74) is 0.628. The van der Waals surface area contributed by atoms with Gasteiger partial charge in [0.1, 0.15) is 11.9 Å². The van der Waals surface area contributed by atoms with Crippen LogP contribution < -0.4 is 4.74 Å². The molecule has 0 spiro atoms. The van der Waals surface area contributed by atoms with Crippen molar-refractivity contribution in [2.75, 3.05) is 13.2 Å². The molecule has 1 aromatic carbocycles. The molecular weight excluding hydrogens is 240 g/mol. The minimum absolute atomic E-state index is 0.0235. The van der Waals surface area contributed by atoms with Gasteiger partial charge in [0, 0.05) is 6.61 Å². The first kappa shape index (κ1) is 15.7. The fraction of sp³-hybridized carbons (Fsp3) is 0.562. The van der Waals surface area contributed by atoms with Crippen molar-refractivity contribution in [3.8, 4) is 5.75 Å². The van der Waals surface area contributed by atoms with Crippen LogP contribution in [0, 0.1) is 0 Å². The molecule has 3 heteroatoms. The lowest BCUT2D eigenvalue weighted by molar-refractivity contribution is 0.0420. The molecule has 0 heterocycles. The standard InChI is InChI=1S/C16H24O3/c1-4-9-15(18-6-3)16(17)13-10-7-8-11-14(13)19-12-5-2/h7-8,10-11,15H,4-6,9,12H2,1-3H3. The molecule has 0 radical (unpaired) electrons. The molecule has 1 rings (SSSR count). The molecule has 3 nitrogen and oxygen atoms in total. The fourth-order valence-electron chi connectivity index (χ4n) is 1.94. The lowest BCUT2D eigenvalue weighted by Gasteiger charge is -2.17. The van der Waals surface area contributed by atoms with Gasteiger partial charge in [-0.25, -0.2) is 0 Å². The lowest BCUT2D eigenvalue weighted by atomic mass is 10.0. The molecular formula is C16H24O3. The minimum Gasteiger partial charge on any atom is -0.493 e. The molecule has 1 aromatic rings. The summed E-state index contributed by atoms with van der Waals surface area (Å²) in [6.45, 7) is 7.19. The molecule has 0 aromatic heterocycles. The van der Waals surface area contributed by atoms with Gasteiger partial charge in [0.2, 0.25) is 0 Å².